The van der Waals surface area contributed by atoms with Crippen molar-refractivity contribution in [2.24, 2.45) is 0 Å². The van der Waals surface area contributed by atoms with Gasteiger partial charge >= 0.3 is 0 Å². The molecule has 1 aliphatic heterocycles. The second-order valence-corrected chi connectivity index (χ2v) is 5.85. The van der Waals surface area contributed by atoms with Gasteiger partial charge in [-0.05, 0) is 53.9 Å². The second-order valence-electron chi connectivity index (χ2n) is 5.01. The highest BCUT2D eigenvalue weighted by Gasteiger charge is 2.14. The summed E-state index contributed by atoms with van der Waals surface area (Å²) >= 11 is 12.1. The number of amides is 1. The van der Waals surface area contributed by atoms with Crippen molar-refractivity contribution in [1.29, 1.82) is 0 Å². The molecule has 3 nitrogen and oxygen atoms in total. The van der Waals surface area contributed by atoms with Gasteiger partial charge in [-0.15, -0.1) is 0 Å². The van der Waals surface area contributed by atoms with Gasteiger partial charge in [-0.25, -0.2) is 0 Å². The minimum Gasteiger partial charge on any atom is -0.381 e. The predicted octanol–water partition coefficient (Wildman–Crippen LogP) is 4.49. The van der Waals surface area contributed by atoms with Gasteiger partial charge in [-0.3, -0.25) is 4.79 Å². The Morgan fingerprint density at radius 3 is 2.81 bits per heavy atom. The molecule has 0 aliphatic carbocycles. The Morgan fingerprint density at radius 1 is 1.10 bits per heavy atom. The molecular formula is C16H14Cl2N2O. The van der Waals surface area contributed by atoms with Gasteiger partial charge in [0.25, 0.3) is 0 Å². The minimum atomic E-state index is 0.0777. The molecule has 2 aromatic carbocycles. The second kappa shape index (κ2) is 5.96. The lowest BCUT2D eigenvalue weighted by atomic mass is 10.0. The molecule has 0 bridgehead atoms. The van der Waals surface area contributed by atoms with E-state index in [2.05, 4.69) is 16.7 Å². The first-order chi connectivity index (χ1) is 10.1. The third-order valence-electron chi connectivity index (χ3n) is 3.49. The summed E-state index contributed by atoms with van der Waals surface area (Å²) in [6, 6.07) is 11.4. The maximum absolute atomic E-state index is 11.3. The van der Waals surface area contributed by atoms with Crippen LogP contribution < -0.4 is 10.6 Å². The van der Waals surface area contributed by atoms with Crippen molar-refractivity contribution >= 4 is 40.5 Å². The van der Waals surface area contributed by atoms with E-state index in [1.165, 1.54) is 0 Å². The van der Waals surface area contributed by atoms with Crippen LogP contribution in [0.15, 0.2) is 36.4 Å². The van der Waals surface area contributed by atoms with E-state index >= 15 is 0 Å². The molecule has 0 saturated carbocycles. The molecule has 0 unspecified atom stereocenters. The van der Waals surface area contributed by atoms with Crippen LogP contribution in [-0.2, 0) is 17.8 Å². The molecule has 3 rings (SSSR count). The van der Waals surface area contributed by atoms with E-state index in [1.54, 1.807) is 12.1 Å². The average molecular weight is 321 g/mol. The fourth-order valence-electron chi connectivity index (χ4n) is 2.37. The van der Waals surface area contributed by atoms with Crippen LogP contribution in [0.2, 0.25) is 10.0 Å². The van der Waals surface area contributed by atoms with Crippen molar-refractivity contribution in [3.8, 4) is 0 Å². The van der Waals surface area contributed by atoms with Gasteiger partial charge in [0.1, 0.15) is 0 Å². The Bertz CT molecular complexity index is 701. The van der Waals surface area contributed by atoms with E-state index in [0.717, 1.165) is 28.9 Å². The van der Waals surface area contributed by atoms with Crippen LogP contribution in [-0.4, -0.2) is 5.91 Å². The van der Waals surface area contributed by atoms with E-state index in [-0.39, 0.29) is 5.91 Å². The normalized spacial score (nSPS) is 13.5. The van der Waals surface area contributed by atoms with Crippen LogP contribution >= 0.6 is 23.2 Å². The number of fused-ring (bicyclic) bond motifs is 1. The maximum Gasteiger partial charge on any atom is 0.224 e. The third kappa shape index (κ3) is 3.31. The lowest BCUT2D eigenvalue weighted by Gasteiger charge is -2.18. The third-order valence-corrected chi connectivity index (χ3v) is 4.10. The fraction of sp³-hybridized carbons (Fsp3) is 0.188. The molecule has 108 valence electrons. The Morgan fingerprint density at radius 2 is 1.95 bits per heavy atom. The summed E-state index contributed by atoms with van der Waals surface area (Å²) in [6.45, 7) is 0.602. The van der Waals surface area contributed by atoms with Gasteiger partial charge in [0.2, 0.25) is 5.91 Å². The highest BCUT2D eigenvalue weighted by molar-refractivity contribution is 6.33. The summed E-state index contributed by atoms with van der Waals surface area (Å²) in [5.41, 5.74) is 4.01. The minimum absolute atomic E-state index is 0.0777. The van der Waals surface area contributed by atoms with Crippen molar-refractivity contribution in [3.05, 3.63) is 57.6 Å². The van der Waals surface area contributed by atoms with Gasteiger partial charge in [0, 0.05) is 34.4 Å². The standard InChI is InChI=1S/C16H14Cl2N2O/c17-12-2-4-14(18)11(7-12)9-19-13-3-5-15-10(8-13)1-6-16(21)20-15/h2-5,7-8,19H,1,6,9H2,(H,20,21). The van der Waals surface area contributed by atoms with Crippen LogP contribution in [0.4, 0.5) is 11.4 Å². The van der Waals surface area contributed by atoms with Crippen LogP contribution in [0, 0.1) is 0 Å². The molecule has 0 saturated heterocycles. The molecule has 0 atom stereocenters. The molecule has 21 heavy (non-hydrogen) atoms. The van der Waals surface area contributed by atoms with Crippen molar-refractivity contribution in [3.63, 3.8) is 0 Å². The van der Waals surface area contributed by atoms with E-state index < -0.39 is 0 Å². The van der Waals surface area contributed by atoms with E-state index in [4.69, 9.17) is 23.2 Å². The summed E-state index contributed by atoms with van der Waals surface area (Å²) in [5, 5.41) is 7.57. The monoisotopic (exact) mass is 320 g/mol. The van der Waals surface area contributed by atoms with Crippen LogP contribution in [0.5, 0.6) is 0 Å². The highest BCUT2D eigenvalue weighted by atomic mass is 35.5. The largest absolute Gasteiger partial charge is 0.381 e. The average Bonchev–Trinajstić information content (AvgIpc) is 2.48. The molecular weight excluding hydrogens is 307 g/mol. The Hall–Kier alpha value is -1.71. The highest BCUT2D eigenvalue weighted by Crippen LogP contribution is 2.27. The first-order valence-corrected chi connectivity index (χ1v) is 7.48. The zero-order chi connectivity index (χ0) is 14.8. The summed E-state index contributed by atoms with van der Waals surface area (Å²) in [5.74, 6) is 0.0777. The molecule has 1 heterocycles. The number of anilines is 2. The quantitative estimate of drug-likeness (QED) is 0.874. The molecule has 1 aliphatic rings. The van der Waals surface area contributed by atoms with E-state index in [9.17, 15) is 4.79 Å². The summed E-state index contributed by atoms with van der Waals surface area (Å²) in [6.07, 6.45) is 1.31. The summed E-state index contributed by atoms with van der Waals surface area (Å²) in [7, 11) is 0. The number of rotatable bonds is 3. The lowest BCUT2D eigenvalue weighted by Crippen LogP contribution is -2.18. The van der Waals surface area contributed by atoms with E-state index in [1.807, 2.05) is 18.2 Å². The maximum atomic E-state index is 11.3. The Balaban J connectivity index is 1.74. The number of halogens is 2. The number of nitrogens with one attached hydrogen (secondary N) is 2. The SMILES string of the molecule is O=C1CCc2cc(NCc3cc(Cl)ccc3Cl)ccc2N1. The lowest BCUT2D eigenvalue weighted by molar-refractivity contribution is -0.116. The number of aryl methyl sites for hydroxylation is 1. The molecule has 0 spiro atoms. The van der Waals surface area contributed by atoms with Crippen molar-refractivity contribution in [2.45, 2.75) is 19.4 Å². The van der Waals surface area contributed by atoms with Crippen molar-refractivity contribution in [1.82, 2.24) is 0 Å². The van der Waals surface area contributed by atoms with Gasteiger partial charge in [0.15, 0.2) is 0 Å². The van der Waals surface area contributed by atoms with E-state index in [0.29, 0.717) is 23.0 Å². The van der Waals surface area contributed by atoms with Crippen molar-refractivity contribution in [2.75, 3.05) is 10.6 Å². The number of hydrogen-bond acceptors (Lipinski definition) is 2. The van der Waals surface area contributed by atoms with Gasteiger partial charge in [-0.2, -0.15) is 0 Å². The van der Waals surface area contributed by atoms with Crippen molar-refractivity contribution < 1.29 is 4.79 Å². The van der Waals surface area contributed by atoms with Crippen LogP contribution in [0.1, 0.15) is 17.5 Å². The van der Waals surface area contributed by atoms with Crippen LogP contribution in [0.3, 0.4) is 0 Å². The fourth-order valence-corrected chi connectivity index (χ4v) is 2.75. The predicted molar refractivity (Wildman–Crippen MR) is 87.2 cm³/mol. The molecule has 1 amide bonds. The number of benzene rings is 2. The van der Waals surface area contributed by atoms with Gasteiger partial charge < -0.3 is 10.6 Å². The molecule has 5 heteroatoms. The molecule has 0 radical (unpaired) electrons. The Labute approximate surface area is 133 Å². The zero-order valence-corrected chi connectivity index (χ0v) is 12.8. The molecule has 2 N–H and O–H groups in total. The van der Waals surface area contributed by atoms with Crippen LogP contribution in [0.25, 0.3) is 0 Å². The Kier molecular flexibility index (Phi) is 4.04. The van der Waals surface area contributed by atoms with Gasteiger partial charge in [0.05, 0.1) is 0 Å². The first kappa shape index (κ1) is 14.2. The smallest absolute Gasteiger partial charge is 0.224 e. The zero-order valence-electron chi connectivity index (χ0n) is 11.2. The summed E-state index contributed by atoms with van der Waals surface area (Å²) in [4.78, 5) is 11.3. The first-order valence-electron chi connectivity index (χ1n) is 6.72. The molecule has 0 fully saturated rings. The number of hydrogen-bond donors (Lipinski definition) is 2. The molecule has 0 aromatic heterocycles. The number of carbonyl (C=O) groups excluding carboxylic acids is 1. The number of carbonyl (C=O) groups is 1. The van der Waals surface area contributed by atoms with Gasteiger partial charge in [-0.1, -0.05) is 23.2 Å². The molecule has 2 aromatic rings. The topological polar surface area (TPSA) is 41.1 Å². The summed E-state index contributed by atoms with van der Waals surface area (Å²) < 4.78 is 0.